The van der Waals surface area contributed by atoms with Crippen LogP contribution in [0.5, 0.6) is 0 Å². The summed E-state index contributed by atoms with van der Waals surface area (Å²) in [6.45, 7) is 4.45. The fraction of sp³-hybridized carbons (Fsp3) is 0.417. The van der Waals surface area contributed by atoms with E-state index >= 15 is 0 Å². The van der Waals surface area contributed by atoms with Crippen LogP contribution in [-0.4, -0.2) is 30.1 Å². The van der Waals surface area contributed by atoms with E-state index in [1.807, 2.05) is 6.92 Å². The van der Waals surface area contributed by atoms with Gasteiger partial charge in [-0.3, -0.25) is 20.8 Å². The van der Waals surface area contributed by atoms with Gasteiger partial charge in [0.1, 0.15) is 11.3 Å². The zero-order chi connectivity index (χ0) is 15.1. The Balaban J connectivity index is 2.90. The van der Waals surface area contributed by atoms with E-state index in [0.29, 0.717) is 6.61 Å². The SMILES string of the molecule is CCOC(C)CNC(=O)c1cccc(NN)c1[N+](=O)[O-]. The third kappa shape index (κ3) is 3.90. The minimum Gasteiger partial charge on any atom is -0.377 e. The van der Waals surface area contributed by atoms with E-state index in [1.165, 1.54) is 18.2 Å². The number of nitrogens with one attached hydrogen (secondary N) is 2. The first-order valence-corrected chi connectivity index (χ1v) is 6.15. The molecule has 1 aromatic carbocycles. The van der Waals surface area contributed by atoms with Crippen LogP contribution < -0.4 is 16.6 Å². The van der Waals surface area contributed by atoms with Crippen molar-refractivity contribution < 1.29 is 14.5 Å². The van der Waals surface area contributed by atoms with E-state index in [0.717, 1.165) is 0 Å². The normalized spacial score (nSPS) is 11.8. The highest BCUT2D eigenvalue weighted by atomic mass is 16.6. The molecule has 0 saturated heterocycles. The van der Waals surface area contributed by atoms with Gasteiger partial charge in [-0.2, -0.15) is 0 Å². The number of anilines is 1. The number of carbonyl (C=O) groups excluding carboxylic acids is 1. The van der Waals surface area contributed by atoms with Gasteiger partial charge >= 0.3 is 5.69 Å². The molecule has 0 spiro atoms. The predicted octanol–water partition coefficient (Wildman–Crippen LogP) is 1.04. The molecule has 0 aromatic heterocycles. The number of nitrogens with zero attached hydrogens (tertiary/aromatic N) is 1. The molecule has 1 rings (SSSR count). The van der Waals surface area contributed by atoms with Crippen LogP contribution in [-0.2, 0) is 4.74 Å². The van der Waals surface area contributed by atoms with Crippen molar-refractivity contribution in [3.05, 3.63) is 33.9 Å². The summed E-state index contributed by atoms with van der Waals surface area (Å²) in [6, 6.07) is 4.32. The molecule has 0 aliphatic carbocycles. The number of nitro benzene ring substituents is 1. The summed E-state index contributed by atoms with van der Waals surface area (Å²) in [5.41, 5.74) is 1.90. The number of nitrogens with two attached hydrogens (primary N) is 1. The van der Waals surface area contributed by atoms with Crippen molar-refractivity contribution in [2.45, 2.75) is 20.0 Å². The molecule has 1 unspecified atom stereocenters. The first-order valence-electron chi connectivity index (χ1n) is 6.15. The largest absolute Gasteiger partial charge is 0.377 e. The molecular formula is C12H18N4O4. The molecule has 1 amide bonds. The minimum absolute atomic E-state index is 0.0471. The standard InChI is InChI=1S/C12H18N4O4/c1-3-20-8(2)7-14-12(17)9-5-4-6-10(15-13)11(9)16(18)19/h4-6,8,15H,3,7,13H2,1-2H3,(H,14,17). The number of para-hydroxylation sites is 1. The number of amides is 1. The molecule has 1 atom stereocenters. The summed E-state index contributed by atoms with van der Waals surface area (Å²) >= 11 is 0. The van der Waals surface area contributed by atoms with Crippen LogP contribution in [0.3, 0.4) is 0 Å². The zero-order valence-corrected chi connectivity index (χ0v) is 11.4. The number of hydrogen-bond acceptors (Lipinski definition) is 6. The van der Waals surface area contributed by atoms with E-state index in [2.05, 4.69) is 10.7 Å². The summed E-state index contributed by atoms with van der Waals surface area (Å²) < 4.78 is 5.27. The fourth-order valence-electron chi connectivity index (χ4n) is 1.72. The van der Waals surface area contributed by atoms with E-state index in [1.54, 1.807) is 6.92 Å². The van der Waals surface area contributed by atoms with Crippen LogP contribution in [0.1, 0.15) is 24.2 Å². The molecular weight excluding hydrogens is 264 g/mol. The van der Waals surface area contributed by atoms with Gasteiger partial charge in [-0.15, -0.1) is 0 Å². The lowest BCUT2D eigenvalue weighted by Gasteiger charge is -2.13. The maximum Gasteiger partial charge on any atom is 0.306 e. The molecule has 0 heterocycles. The Bertz CT molecular complexity index is 492. The molecule has 0 bridgehead atoms. The highest BCUT2D eigenvalue weighted by molar-refractivity contribution is 6.00. The number of benzene rings is 1. The van der Waals surface area contributed by atoms with Crippen molar-refractivity contribution in [3.63, 3.8) is 0 Å². The molecule has 110 valence electrons. The summed E-state index contributed by atoms with van der Waals surface area (Å²) in [6.07, 6.45) is -0.168. The quantitative estimate of drug-likeness (QED) is 0.390. The van der Waals surface area contributed by atoms with Crippen LogP contribution in [0.2, 0.25) is 0 Å². The van der Waals surface area contributed by atoms with Crippen LogP contribution >= 0.6 is 0 Å². The monoisotopic (exact) mass is 282 g/mol. The molecule has 8 nitrogen and oxygen atoms in total. The first kappa shape index (κ1) is 15.9. The summed E-state index contributed by atoms with van der Waals surface area (Å²) in [5.74, 6) is 4.67. The Hall–Kier alpha value is -2.19. The van der Waals surface area contributed by atoms with E-state index in [9.17, 15) is 14.9 Å². The number of nitro groups is 1. The van der Waals surface area contributed by atoms with Gasteiger partial charge < -0.3 is 15.5 Å². The molecule has 0 aliphatic heterocycles. The third-order valence-corrected chi connectivity index (χ3v) is 2.62. The lowest BCUT2D eigenvalue weighted by Crippen LogP contribution is -2.32. The van der Waals surface area contributed by atoms with Crippen molar-refractivity contribution in [1.82, 2.24) is 5.32 Å². The van der Waals surface area contributed by atoms with Gasteiger partial charge in [0.25, 0.3) is 5.91 Å². The number of nitrogen functional groups attached to an aromatic ring is 1. The molecule has 0 fully saturated rings. The Morgan fingerprint density at radius 3 is 2.80 bits per heavy atom. The first-order chi connectivity index (χ1) is 9.51. The molecule has 20 heavy (non-hydrogen) atoms. The second kappa shape index (κ2) is 7.41. The van der Waals surface area contributed by atoms with E-state index in [-0.39, 0.29) is 29.6 Å². The second-order valence-corrected chi connectivity index (χ2v) is 4.08. The highest BCUT2D eigenvalue weighted by Crippen LogP contribution is 2.27. The van der Waals surface area contributed by atoms with Crippen LogP contribution in [0, 0.1) is 10.1 Å². The number of rotatable bonds is 7. The molecule has 0 saturated carbocycles. The van der Waals surface area contributed by atoms with E-state index in [4.69, 9.17) is 10.6 Å². The molecule has 0 aliphatic rings. The fourth-order valence-corrected chi connectivity index (χ4v) is 1.72. The second-order valence-electron chi connectivity index (χ2n) is 4.08. The van der Waals surface area contributed by atoms with Gasteiger partial charge in [0.15, 0.2) is 0 Å². The molecule has 0 radical (unpaired) electrons. The van der Waals surface area contributed by atoms with Gasteiger partial charge in [-0.05, 0) is 26.0 Å². The van der Waals surface area contributed by atoms with Crippen molar-refractivity contribution in [2.75, 3.05) is 18.6 Å². The Labute approximate surface area is 116 Å². The van der Waals surface area contributed by atoms with E-state index < -0.39 is 10.8 Å². The average Bonchev–Trinajstić information content (AvgIpc) is 2.43. The van der Waals surface area contributed by atoms with Gasteiger partial charge in [0.05, 0.1) is 11.0 Å². The van der Waals surface area contributed by atoms with Crippen LogP contribution in [0.15, 0.2) is 18.2 Å². The lowest BCUT2D eigenvalue weighted by atomic mass is 10.1. The number of carbonyl (C=O) groups is 1. The molecule has 8 heteroatoms. The predicted molar refractivity (Wildman–Crippen MR) is 74.3 cm³/mol. The zero-order valence-electron chi connectivity index (χ0n) is 11.4. The summed E-state index contributed by atoms with van der Waals surface area (Å²) in [4.78, 5) is 22.4. The Kier molecular flexibility index (Phi) is 5.88. The summed E-state index contributed by atoms with van der Waals surface area (Å²) in [5, 5.41) is 13.6. The summed E-state index contributed by atoms with van der Waals surface area (Å²) in [7, 11) is 0. The van der Waals surface area contributed by atoms with Crippen LogP contribution in [0.4, 0.5) is 11.4 Å². The van der Waals surface area contributed by atoms with Gasteiger partial charge in [0.2, 0.25) is 0 Å². The smallest absolute Gasteiger partial charge is 0.306 e. The Morgan fingerprint density at radius 1 is 1.55 bits per heavy atom. The molecule has 4 N–H and O–H groups in total. The number of ether oxygens (including phenoxy) is 1. The van der Waals surface area contributed by atoms with Crippen molar-refractivity contribution in [2.24, 2.45) is 5.84 Å². The van der Waals surface area contributed by atoms with Gasteiger partial charge in [-0.25, -0.2) is 0 Å². The van der Waals surface area contributed by atoms with Crippen molar-refractivity contribution in [3.8, 4) is 0 Å². The maximum atomic E-state index is 12.0. The van der Waals surface area contributed by atoms with Crippen molar-refractivity contribution >= 4 is 17.3 Å². The highest BCUT2D eigenvalue weighted by Gasteiger charge is 2.24. The Morgan fingerprint density at radius 2 is 2.25 bits per heavy atom. The molecule has 1 aromatic rings. The topological polar surface area (TPSA) is 120 Å². The maximum absolute atomic E-state index is 12.0. The van der Waals surface area contributed by atoms with Crippen LogP contribution in [0.25, 0.3) is 0 Å². The van der Waals surface area contributed by atoms with Crippen molar-refractivity contribution in [1.29, 1.82) is 0 Å². The van der Waals surface area contributed by atoms with Gasteiger partial charge in [-0.1, -0.05) is 6.07 Å². The number of hydrogen-bond donors (Lipinski definition) is 3. The third-order valence-electron chi connectivity index (χ3n) is 2.62. The lowest BCUT2D eigenvalue weighted by molar-refractivity contribution is -0.384. The average molecular weight is 282 g/mol. The minimum atomic E-state index is -0.643. The van der Waals surface area contributed by atoms with Gasteiger partial charge in [0, 0.05) is 13.2 Å². The number of hydrazine groups is 1.